The molecular formula is C28H29N9O2. The molecule has 5 rings (SSSR count). The van der Waals surface area contributed by atoms with Crippen molar-refractivity contribution < 1.29 is 9.53 Å². The van der Waals surface area contributed by atoms with Gasteiger partial charge >= 0.3 is 6.09 Å². The monoisotopic (exact) mass is 523 g/mol. The topological polar surface area (TPSA) is 125 Å². The fraction of sp³-hybridized carbons (Fsp3) is 0.250. The Bertz CT molecular complexity index is 1640. The Hall–Kier alpha value is -4.95. The van der Waals surface area contributed by atoms with Gasteiger partial charge < -0.3 is 10.1 Å². The fourth-order valence-corrected chi connectivity index (χ4v) is 4.45. The lowest BCUT2D eigenvalue weighted by Crippen LogP contribution is -2.26. The number of aryl methyl sites for hydroxylation is 1. The predicted octanol–water partition coefficient (Wildman–Crippen LogP) is 4.44. The number of rotatable bonds is 10. The number of amides is 1. The highest BCUT2D eigenvalue weighted by atomic mass is 16.5. The van der Waals surface area contributed by atoms with Crippen molar-refractivity contribution in [3.8, 4) is 6.07 Å². The van der Waals surface area contributed by atoms with Crippen molar-refractivity contribution in [2.45, 2.75) is 19.9 Å². The van der Waals surface area contributed by atoms with Crippen LogP contribution in [-0.4, -0.2) is 62.1 Å². The van der Waals surface area contributed by atoms with E-state index in [1.54, 1.807) is 22.7 Å². The van der Waals surface area contributed by atoms with Gasteiger partial charge in [0.25, 0.3) is 0 Å². The van der Waals surface area contributed by atoms with Crippen molar-refractivity contribution in [2.75, 3.05) is 37.4 Å². The van der Waals surface area contributed by atoms with Gasteiger partial charge in [0.05, 0.1) is 42.8 Å². The highest BCUT2D eigenvalue weighted by Crippen LogP contribution is 2.30. The number of nitriles is 1. The standard InChI is InChI=1S/C28H29N9O2/c1-3-23-24(34-28(38)39-14-13-35(2)12-11-29)18-37-26(23)27(30-19-32-37)33-22-9-10-25-21(15-22)16-31-36(25)17-20-7-5-4-6-8-20/h4-10,15-16,18-19H,3,12-14,17H2,1-2H3,(H,34,38)(H,30,32,33). The van der Waals surface area contributed by atoms with E-state index in [0.717, 1.165) is 27.7 Å². The Labute approximate surface area is 225 Å². The average molecular weight is 524 g/mol. The summed E-state index contributed by atoms with van der Waals surface area (Å²) in [4.78, 5) is 18.7. The van der Waals surface area contributed by atoms with E-state index in [1.807, 2.05) is 54.2 Å². The molecule has 0 unspecified atom stereocenters. The molecule has 0 atom stereocenters. The quantitative estimate of drug-likeness (QED) is 0.258. The van der Waals surface area contributed by atoms with Crippen molar-refractivity contribution in [3.63, 3.8) is 0 Å². The minimum absolute atomic E-state index is 0.176. The maximum Gasteiger partial charge on any atom is 0.411 e. The van der Waals surface area contributed by atoms with Crippen molar-refractivity contribution in [1.82, 2.24) is 29.3 Å². The first kappa shape index (κ1) is 25.7. The molecule has 2 aromatic carbocycles. The largest absolute Gasteiger partial charge is 0.448 e. The molecule has 0 fully saturated rings. The molecule has 0 radical (unpaired) electrons. The second-order valence-electron chi connectivity index (χ2n) is 9.12. The third kappa shape index (κ3) is 5.81. The first-order chi connectivity index (χ1) is 19.1. The summed E-state index contributed by atoms with van der Waals surface area (Å²) in [5.41, 5.74) is 5.35. The van der Waals surface area contributed by atoms with E-state index in [9.17, 15) is 4.79 Å². The van der Waals surface area contributed by atoms with Crippen LogP contribution in [0.3, 0.4) is 0 Å². The van der Waals surface area contributed by atoms with Crippen LogP contribution in [0.2, 0.25) is 0 Å². The zero-order valence-corrected chi connectivity index (χ0v) is 21.8. The number of likely N-dealkylation sites (N-methyl/N-ethyl adjacent to an activating group) is 1. The second-order valence-corrected chi connectivity index (χ2v) is 9.12. The third-order valence-corrected chi connectivity index (χ3v) is 6.40. The smallest absolute Gasteiger partial charge is 0.411 e. The van der Waals surface area contributed by atoms with Gasteiger partial charge in [-0.3, -0.25) is 14.9 Å². The maximum absolute atomic E-state index is 12.4. The summed E-state index contributed by atoms with van der Waals surface area (Å²) < 4.78 is 8.97. The SMILES string of the molecule is CCc1c(NC(=O)OCCN(C)CC#N)cn2ncnc(Nc3ccc4c(cnn4Cc4ccccc4)c3)c12. The number of ether oxygens (including phenoxy) is 1. The Morgan fingerprint density at radius 3 is 2.82 bits per heavy atom. The van der Waals surface area contributed by atoms with Crippen LogP contribution in [-0.2, 0) is 17.7 Å². The Balaban J connectivity index is 1.34. The average Bonchev–Trinajstić information content (AvgIpc) is 3.50. The van der Waals surface area contributed by atoms with Crippen molar-refractivity contribution >= 4 is 39.7 Å². The molecule has 0 bridgehead atoms. The molecule has 1 amide bonds. The molecule has 3 aromatic heterocycles. The van der Waals surface area contributed by atoms with Crippen molar-refractivity contribution in [2.24, 2.45) is 0 Å². The van der Waals surface area contributed by atoms with Gasteiger partial charge in [-0.25, -0.2) is 14.3 Å². The van der Waals surface area contributed by atoms with E-state index in [-0.39, 0.29) is 13.2 Å². The van der Waals surface area contributed by atoms with Gasteiger partial charge in [-0.1, -0.05) is 37.3 Å². The molecule has 5 aromatic rings. The fourth-order valence-electron chi connectivity index (χ4n) is 4.45. The van der Waals surface area contributed by atoms with Crippen LogP contribution in [0.4, 0.5) is 22.0 Å². The summed E-state index contributed by atoms with van der Waals surface area (Å²) in [5, 5.41) is 24.9. The van der Waals surface area contributed by atoms with Gasteiger partial charge in [0.2, 0.25) is 0 Å². The summed E-state index contributed by atoms with van der Waals surface area (Å²) in [7, 11) is 1.79. The summed E-state index contributed by atoms with van der Waals surface area (Å²) >= 11 is 0. The minimum Gasteiger partial charge on any atom is -0.448 e. The zero-order valence-electron chi connectivity index (χ0n) is 21.8. The van der Waals surface area contributed by atoms with E-state index >= 15 is 0 Å². The van der Waals surface area contributed by atoms with Gasteiger partial charge in [-0.05, 0) is 37.2 Å². The second kappa shape index (κ2) is 11.6. The van der Waals surface area contributed by atoms with Gasteiger partial charge in [0.1, 0.15) is 18.5 Å². The lowest BCUT2D eigenvalue weighted by Gasteiger charge is -2.13. The third-order valence-electron chi connectivity index (χ3n) is 6.40. The molecule has 0 aliphatic heterocycles. The number of hydrogen-bond donors (Lipinski definition) is 2. The van der Waals surface area contributed by atoms with Crippen LogP contribution >= 0.6 is 0 Å². The minimum atomic E-state index is -0.564. The van der Waals surface area contributed by atoms with E-state index < -0.39 is 6.09 Å². The summed E-state index contributed by atoms with van der Waals surface area (Å²) in [6.07, 6.45) is 5.16. The van der Waals surface area contributed by atoms with Gasteiger partial charge in [-0.2, -0.15) is 15.5 Å². The Morgan fingerprint density at radius 1 is 1.18 bits per heavy atom. The molecule has 11 nitrogen and oxygen atoms in total. The molecule has 39 heavy (non-hydrogen) atoms. The molecule has 0 saturated carbocycles. The molecular weight excluding hydrogens is 494 g/mol. The highest BCUT2D eigenvalue weighted by Gasteiger charge is 2.17. The number of carbonyl (C=O) groups is 1. The van der Waals surface area contributed by atoms with E-state index in [2.05, 4.69) is 44.0 Å². The molecule has 3 heterocycles. The molecule has 0 saturated heterocycles. The van der Waals surface area contributed by atoms with Crippen molar-refractivity contribution in [1.29, 1.82) is 5.26 Å². The number of fused-ring (bicyclic) bond motifs is 2. The van der Waals surface area contributed by atoms with Crippen LogP contribution in [0.1, 0.15) is 18.1 Å². The molecule has 0 aliphatic rings. The lowest BCUT2D eigenvalue weighted by molar-refractivity contribution is 0.149. The number of anilines is 3. The van der Waals surface area contributed by atoms with Gasteiger partial charge in [0, 0.05) is 23.2 Å². The molecule has 198 valence electrons. The van der Waals surface area contributed by atoms with Crippen LogP contribution in [0.25, 0.3) is 16.4 Å². The number of benzene rings is 2. The maximum atomic E-state index is 12.4. The van der Waals surface area contributed by atoms with E-state index in [4.69, 9.17) is 10.00 Å². The highest BCUT2D eigenvalue weighted by molar-refractivity contribution is 5.91. The zero-order chi connectivity index (χ0) is 27.2. The molecule has 0 aliphatic carbocycles. The number of aromatic nitrogens is 5. The number of nitrogens with one attached hydrogen (secondary N) is 2. The van der Waals surface area contributed by atoms with E-state index in [0.29, 0.717) is 31.0 Å². The van der Waals surface area contributed by atoms with Gasteiger partial charge in [0.15, 0.2) is 5.82 Å². The van der Waals surface area contributed by atoms with Crippen LogP contribution in [0, 0.1) is 11.3 Å². The number of nitrogens with zero attached hydrogens (tertiary/aromatic N) is 7. The van der Waals surface area contributed by atoms with E-state index in [1.165, 1.54) is 11.9 Å². The normalized spacial score (nSPS) is 11.1. The molecule has 11 heteroatoms. The molecule has 0 spiro atoms. The van der Waals surface area contributed by atoms with Crippen molar-refractivity contribution in [3.05, 3.63) is 78.4 Å². The number of carbonyl (C=O) groups excluding carboxylic acids is 1. The Kier molecular flexibility index (Phi) is 7.65. The summed E-state index contributed by atoms with van der Waals surface area (Å²) in [6, 6.07) is 18.4. The first-order valence-corrected chi connectivity index (χ1v) is 12.7. The summed E-state index contributed by atoms with van der Waals surface area (Å²) in [6.45, 7) is 3.62. The van der Waals surface area contributed by atoms with Crippen LogP contribution < -0.4 is 10.6 Å². The van der Waals surface area contributed by atoms with Crippen LogP contribution in [0.5, 0.6) is 0 Å². The Morgan fingerprint density at radius 2 is 2.03 bits per heavy atom. The predicted molar refractivity (Wildman–Crippen MR) is 149 cm³/mol. The first-order valence-electron chi connectivity index (χ1n) is 12.7. The summed E-state index contributed by atoms with van der Waals surface area (Å²) in [5.74, 6) is 0.623. The van der Waals surface area contributed by atoms with Gasteiger partial charge in [-0.15, -0.1) is 0 Å². The lowest BCUT2D eigenvalue weighted by atomic mass is 10.2. The molecule has 2 N–H and O–H groups in total. The van der Waals surface area contributed by atoms with Crippen LogP contribution in [0.15, 0.2) is 67.3 Å². The number of hydrogen-bond acceptors (Lipinski definition) is 8.